The second-order valence-electron chi connectivity index (χ2n) is 4.88. The van der Waals surface area contributed by atoms with Crippen LogP contribution in [0.1, 0.15) is 22.7 Å². The average Bonchev–Trinajstić information content (AvgIpc) is 2.86. The van der Waals surface area contributed by atoms with E-state index < -0.39 is 0 Å². The van der Waals surface area contributed by atoms with Crippen molar-refractivity contribution in [3.05, 3.63) is 50.9 Å². The Balaban J connectivity index is 2.30. The number of aromatic nitrogens is 2. The van der Waals surface area contributed by atoms with Crippen molar-refractivity contribution in [2.24, 2.45) is 5.73 Å². The molecule has 0 amide bonds. The fraction of sp³-hybridized carbons (Fsp3) is 0.200. The number of aromatic amines is 1. The molecule has 1 aliphatic rings. The van der Waals surface area contributed by atoms with Crippen LogP contribution in [0.15, 0.2) is 34.1 Å². The summed E-state index contributed by atoms with van der Waals surface area (Å²) in [5.74, 6) is 0.733. The number of halogens is 1. The van der Waals surface area contributed by atoms with Crippen LogP contribution >= 0.6 is 15.9 Å². The maximum Gasteiger partial charge on any atom is 0.244 e. The zero-order chi connectivity index (χ0) is 15.9. The molecular weight excluding hydrogens is 348 g/mol. The van der Waals surface area contributed by atoms with Gasteiger partial charge in [0.2, 0.25) is 11.8 Å². The minimum atomic E-state index is -0.389. The lowest BCUT2D eigenvalue weighted by Gasteiger charge is -2.25. The molecule has 1 unspecified atom stereocenters. The fourth-order valence-corrected chi connectivity index (χ4v) is 3.02. The van der Waals surface area contributed by atoms with E-state index in [0.29, 0.717) is 17.2 Å². The number of hydrogen-bond acceptors (Lipinski definition) is 5. The molecule has 1 aromatic heterocycles. The number of nitrogens with zero attached hydrogens (tertiary/aromatic N) is 2. The molecule has 1 aliphatic heterocycles. The summed E-state index contributed by atoms with van der Waals surface area (Å²) in [6, 6.07) is 7.78. The standard InChI is InChI=1S/C15H13BrN4O2/c1-7-12-13(9-5-8(16)3-4-11(9)21-2)10(6-17)14(18)22-15(12)20-19-7/h3-5,13H,18H2,1-2H3,(H,19,20). The zero-order valence-corrected chi connectivity index (χ0v) is 13.6. The minimum absolute atomic E-state index is 0.0635. The van der Waals surface area contributed by atoms with Crippen molar-refractivity contribution in [2.75, 3.05) is 7.11 Å². The Morgan fingerprint density at radius 2 is 2.27 bits per heavy atom. The summed E-state index contributed by atoms with van der Waals surface area (Å²) in [4.78, 5) is 0. The molecule has 0 spiro atoms. The second-order valence-corrected chi connectivity index (χ2v) is 5.79. The molecule has 0 radical (unpaired) electrons. The van der Waals surface area contributed by atoms with Gasteiger partial charge in [-0.2, -0.15) is 5.26 Å². The first-order chi connectivity index (χ1) is 10.6. The van der Waals surface area contributed by atoms with E-state index in [9.17, 15) is 5.26 Å². The Kier molecular flexibility index (Phi) is 3.54. The third-order valence-electron chi connectivity index (χ3n) is 3.63. The Morgan fingerprint density at radius 3 is 2.95 bits per heavy atom. The normalized spacial score (nSPS) is 16.7. The van der Waals surface area contributed by atoms with Crippen LogP contribution < -0.4 is 15.2 Å². The summed E-state index contributed by atoms with van der Waals surface area (Å²) in [6.45, 7) is 1.88. The van der Waals surface area contributed by atoms with Gasteiger partial charge in [0.1, 0.15) is 17.4 Å². The number of methoxy groups -OCH3 is 1. The summed E-state index contributed by atoms with van der Waals surface area (Å²) >= 11 is 3.46. The Morgan fingerprint density at radius 1 is 1.50 bits per heavy atom. The van der Waals surface area contributed by atoms with Gasteiger partial charge in [0, 0.05) is 21.3 Å². The SMILES string of the molecule is COc1ccc(Br)cc1C1C(C#N)=C(N)Oc2n[nH]c(C)c21. The van der Waals surface area contributed by atoms with E-state index in [1.54, 1.807) is 7.11 Å². The van der Waals surface area contributed by atoms with Crippen LogP contribution in [0.4, 0.5) is 0 Å². The number of nitriles is 1. The van der Waals surface area contributed by atoms with Crippen molar-refractivity contribution in [3.8, 4) is 17.7 Å². The summed E-state index contributed by atoms with van der Waals surface area (Å²) in [7, 11) is 1.59. The van der Waals surface area contributed by atoms with E-state index in [1.165, 1.54) is 0 Å². The fourth-order valence-electron chi connectivity index (χ4n) is 2.64. The highest BCUT2D eigenvalue weighted by molar-refractivity contribution is 9.10. The molecule has 6 nitrogen and oxygen atoms in total. The van der Waals surface area contributed by atoms with Gasteiger partial charge >= 0.3 is 0 Å². The summed E-state index contributed by atoms with van der Waals surface area (Å²) in [5.41, 5.74) is 8.68. The van der Waals surface area contributed by atoms with Crippen molar-refractivity contribution < 1.29 is 9.47 Å². The van der Waals surface area contributed by atoms with E-state index in [1.807, 2.05) is 25.1 Å². The molecule has 1 aromatic carbocycles. The number of ether oxygens (including phenoxy) is 2. The number of rotatable bonds is 2. The van der Waals surface area contributed by atoms with E-state index >= 15 is 0 Å². The number of allylic oxidation sites excluding steroid dienone is 1. The maximum atomic E-state index is 9.53. The van der Waals surface area contributed by atoms with Crippen molar-refractivity contribution in [1.29, 1.82) is 5.26 Å². The predicted molar refractivity (Wildman–Crippen MR) is 83.3 cm³/mol. The molecule has 2 heterocycles. The summed E-state index contributed by atoms with van der Waals surface area (Å²) < 4.78 is 11.8. The van der Waals surface area contributed by atoms with Crippen molar-refractivity contribution in [3.63, 3.8) is 0 Å². The monoisotopic (exact) mass is 360 g/mol. The third-order valence-corrected chi connectivity index (χ3v) is 4.13. The lowest BCUT2D eigenvalue weighted by Crippen LogP contribution is -2.21. The van der Waals surface area contributed by atoms with Crippen LogP contribution in [0.2, 0.25) is 0 Å². The van der Waals surface area contributed by atoms with Gasteiger partial charge in [-0.1, -0.05) is 15.9 Å². The number of nitrogens with one attached hydrogen (secondary N) is 1. The third kappa shape index (κ3) is 2.12. The number of benzene rings is 1. The molecule has 3 rings (SSSR count). The molecule has 0 aliphatic carbocycles. The Labute approximate surface area is 135 Å². The van der Waals surface area contributed by atoms with Crippen LogP contribution in [0.25, 0.3) is 0 Å². The average molecular weight is 361 g/mol. The van der Waals surface area contributed by atoms with Crippen LogP contribution in [0.5, 0.6) is 11.6 Å². The summed E-state index contributed by atoms with van der Waals surface area (Å²) in [5, 5.41) is 16.5. The van der Waals surface area contributed by atoms with Crippen molar-refractivity contribution >= 4 is 15.9 Å². The minimum Gasteiger partial charge on any atom is -0.496 e. The maximum absolute atomic E-state index is 9.53. The number of aryl methyl sites for hydroxylation is 1. The topological polar surface area (TPSA) is 96.9 Å². The van der Waals surface area contributed by atoms with Crippen LogP contribution in [-0.4, -0.2) is 17.3 Å². The van der Waals surface area contributed by atoms with E-state index in [-0.39, 0.29) is 11.8 Å². The molecular formula is C15H13BrN4O2. The predicted octanol–water partition coefficient (Wildman–Crippen LogP) is 2.71. The van der Waals surface area contributed by atoms with Crippen molar-refractivity contribution in [2.45, 2.75) is 12.8 Å². The molecule has 7 heteroatoms. The summed E-state index contributed by atoms with van der Waals surface area (Å²) in [6.07, 6.45) is 0. The molecule has 0 saturated heterocycles. The van der Waals surface area contributed by atoms with E-state index in [0.717, 1.165) is 21.3 Å². The van der Waals surface area contributed by atoms with E-state index in [2.05, 4.69) is 32.2 Å². The lowest BCUT2D eigenvalue weighted by molar-refractivity contribution is 0.375. The van der Waals surface area contributed by atoms with Gasteiger partial charge in [-0.05, 0) is 25.1 Å². The van der Waals surface area contributed by atoms with Gasteiger partial charge in [-0.3, -0.25) is 5.10 Å². The van der Waals surface area contributed by atoms with Crippen LogP contribution in [0.3, 0.4) is 0 Å². The zero-order valence-electron chi connectivity index (χ0n) is 12.0. The quantitative estimate of drug-likeness (QED) is 0.857. The molecule has 1 atom stereocenters. The van der Waals surface area contributed by atoms with Crippen molar-refractivity contribution in [1.82, 2.24) is 10.2 Å². The highest BCUT2D eigenvalue weighted by Crippen LogP contribution is 2.45. The second kappa shape index (κ2) is 5.39. The van der Waals surface area contributed by atoms with Gasteiger partial charge in [0.05, 0.1) is 13.0 Å². The molecule has 22 heavy (non-hydrogen) atoms. The highest BCUT2D eigenvalue weighted by Gasteiger charge is 2.35. The molecule has 2 aromatic rings. The van der Waals surface area contributed by atoms with Crippen LogP contribution in [0, 0.1) is 18.3 Å². The van der Waals surface area contributed by atoms with Gasteiger partial charge in [0.15, 0.2) is 0 Å². The largest absolute Gasteiger partial charge is 0.496 e. The number of H-pyrrole nitrogens is 1. The molecule has 0 saturated carbocycles. The Bertz CT molecular complexity index is 819. The molecule has 0 fully saturated rings. The smallest absolute Gasteiger partial charge is 0.244 e. The number of fused-ring (bicyclic) bond motifs is 1. The van der Waals surface area contributed by atoms with E-state index in [4.69, 9.17) is 15.2 Å². The lowest BCUT2D eigenvalue weighted by atomic mass is 9.83. The molecule has 112 valence electrons. The number of hydrogen-bond donors (Lipinski definition) is 2. The highest BCUT2D eigenvalue weighted by atomic mass is 79.9. The first kappa shape index (κ1) is 14.5. The first-order valence-electron chi connectivity index (χ1n) is 6.52. The van der Waals surface area contributed by atoms with Gasteiger partial charge in [-0.25, -0.2) is 0 Å². The van der Waals surface area contributed by atoms with Gasteiger partial charge < -0.3 is 15.2 Å². The molecule has 0 bridgehead atoms. The first-order valence-corrected chi connectivity index (χ1v) is 7.32. The van der Waals surface area contributed by atoms with Crippen LogP contribution in [-0.2, 0) is 0 Å². The van der Waals surface area contributed by atoms with Gasteiger partial charge in [-0.15, -0.1) is 5.10 Å². The molecule has 3 N–H and O–H groups in total. The Hall–Kier alpha value is -2.46. The van der Waals surface area contributed by atoms with Gasteiger partial charge in [0.25, 0.3) is 0 Å². The number of nitrogens with two attached hydrogens (primary N) is 1.